The number of hydrogen-bond donors (Lipinski definition) is 1. The minimum absolute atomic E-state index is 0.0535. The summed E-state index contributed by atoms with van der Waals surface area (Å²) in [4.78, 5) is 25.3. The maximum absolute atomic E-state index is 12.2. The molecular weight excluding hydrogens is 320 g/mol. The highest BCUT2D eigenvalue weighted by Crippen LogP contribution is 2.36. The predicted molar refractivity (Wildman–Crippen MR) is 97.3 cm³/mol. The lowest BCUT2D eigenvalue weighted by atomic mass is 10.1. The first-order valence-electron chi connectivity index (χ1n) is 8.08. The standard InChI is InChI=1S/C18H18N4OS/c1-12-17(23)19-8-5-9-22(12)16-14-10-15(13-6-3-2-4-7-13)24-18(14)21-11-20-16/h2-4,6-7,10-12H,5,8-9H2,1H3,(H,19,23)/t12-/m0/s1. The summed E-state index contributed by atoms with van der Waals surface area (Å²) in [6.07, 6.45) is 2.51. The van der Waals surface area contributed by atoms with Crippen molar-refractivity contribution in [2.75, 3.05) is 18.0 Å². The molecule has 6 heteroatoms. The van der Waals surface area contributed by atoms with Crippen molar-refractivity contribution in [2.45, 2.75) is 19.4 Å². The maximum atomic E-state index is 12.2. The van der Waals surface area contributed by atoms with Crippen LogP contribution >= 0.6 is 11.3 Å². The number of benzene rings is 1. The van der Waals surface area contributed by atoms with Crippen molar-refractivity contribution in [3.63, 3.8) is 0 Å². The van der Waals surface area contributed by atoms with Gasteiger partial charge in [-0.25, -0.2) is 9.97 Å². The molecule has 1 fully saturated rings. The molecule has 1 aromatic carbocycles. The van der Waals surface area contributed by atoms with Crippen molar-refractivity contribution in [2.24, 2.45) is 0 Å². The molecule has 1 N–H and O–H groups in total. The minimum Gasteiger partial charge on any atom is -0.354 e. The summed E-state index contributed by atoms with van der Waals surface area (Å²) >= 11 is 1.66. The first-order chi connectivity index (χ1) is 11.7. The molecule has 3 heterocycles. The Balaban J connectivity index is 1.81. The van der Waals surface area contributed by atoms with Crippen molar-refractivity contribution in [3.8, 4) is 10.4 Å². The van der Waals surface area contributed by atoms with Crippen LogP contribution in [0.1, 0.15) is 13.3 Å². The van der Waals surface area contributed by atoms with Crippen LogP contribution in [-0.2, 0) is 4.79 Å². The second-order valence-corrected chi connectivity index (χ2v) is 6.94. The van der Waals surface area contributed by atoms with Gasteiger partial charge in [-0.05, 0) is 25.0 Å². The van der Waals surface area contributed by atoms with Gasteiger partial charge in [0.15, 0.2) is 0 Å². The Morgan fingerprint density at radius 3 is 2.92 bits per heavy atom. The second-order valence-electron chi connectivity index (χ2n) is 5.91. The number of carbonyl (C=O) groups is 1. The number of anilines is 1. The molecule has 1 aliphatic heterocycles. The molecule has 0 radical (unpaired) electrons. The summed E-state index contributed by atoms with van der Waals surface area (Å²) in [5, 5.41) is 3.97. The van der Waals surface area contributed by atoms with Crippen LogP contribution in [0.5, 0.6) is 0 Å². The monoisotopic (exact) mass is 338 g/mol. The zero-order chi connectivity index (χ0) is 16.5. The van der Waals surface area contributed by atoms with Crippen LogP contribution in [0.3, 0.4) is 0 Å². The number of nitrogens with zero attached hydrogens (tertiary/aromatic N) is 3. The van der Waals surface area contributed by atoms with E-state index in [4.69, 9.17) is 0 Å². The van der Waals surface area contributed by atoms with E-state index in [2.05, 4.69) is 38.4 Å². The van der Waals surface area contributed by atoms with Gasteiger partial charge in [0.1, 0.15) is 23.0 Å². The van der Waals surface area contributed by atoms with Crippen LogP contribution in [0.2, 0.25) is 0 Å². The summed E-state index contributed by atoms with van der Waals surface area (Å²) in [6, 6.07) is 12.2. The average Bonchev–Trinajstić information content (AvgIpc) is 2.99. The van der Waals surface area contributed by atoms with Gasteiger partial charge in [-0.1, -0.05) is 30.3 Å². The summed E-state index contributed by atoms with van der Waals surface area (Å²) < 4.78 is 0. The molecule has 0 aliphatic carbocycles. The number of carbonyl (C=O) groups excluding carboxylic acids is 1. The van der Waals surface area contributed by atoms with E-state index in [9.17, 15) is 4.79 Å². The van der Waals surface area contributed by atoms with E-state index in [1.54, 1.807) is 17.7 Å². The van der Waals surface area contributed by atoms with Gasteiger partial charge in [-0.3, -0.25) is 4.79 Å². The molecule has 1 amide bonds. The second kappa shape index (κ2) is 6.20. The third kappa shape index (κ3) is 2.63. The highest BCUT2D eigenvalue weighted by atomic mass is 32.1. The lowest BCUT2D eigenvalue weighted by Gasteiger charge is -2.26. The Morgan fingerprint density at radius 1 is 1.25 bits per heavy atom. The third-order valence-electron chi connectivity index (χ3n) is 4.36. The fourth-order valence-electron chi connectivity index (χ4n) is 3.05. The molecule has 1 saturated heterocycles. The van der Waals surface area contributed by atoms with Gasteiger partial charge in [-0.2, -0.15) is 0 Å². The Bertz CT molecular complexity index is 877. The van der Waals surface area contributed by atoms with Crippen molar-refractivity contribution in [1.82, 2.24) is 15.3 Å². The number of fused-ring (bicyclic) bond motifs is 1. The molecule has 1 atom stereocenters. The molecule has 122 valence electrons. The molecule has 0 unspecified atom stereocenters. The highest BCUT2D eigenvalue weighted by Gasteiger charge is 2.26. The molecule has 1 aliphatic rings. The first-order valence-corrected chi connectivity index (χ1v) is 8.90. The van der Waals surface area contributed by atoms with Crippen LogP contribution in [0.4, 0.5) is 5.82 Å². The molecule has 2 aromatic heterocycles. The Labute approximate surface area is 144 Å². The Hall–Kier alpha value is -2.47. The highest BCUT2D eigenvalue weighted by molar-refractivity contribution is 7.21. The van der Waals surface area contributed by atoms with Gasteiger partial charge in [0.2, 0.25) is 5.91 Å². The van der Waals surface area contributed by atoms with Gasteiger partial charge in [0, 0.05) is 18.0 Å². The fourth-order valence-corrected chi connectivity index (χ4v) is 4.05. The first kappa shape index (κ1) is 15.1. The van der Waals surface area contributed by atoms with E-state index >= 15 is 0 Å². The number of aromatic nitrogens is 2. The molecule has 24 heavy (non-hydrogen) atoms. The maximum Gasteiger partial charge on any atom is 0.242 e. The van der Waals surface area contributed by atoms with Gasteiger partial charge in [-0.15, -0.1) is 11.3 Å². The normalized spacial score (nSPS) is 18.5. The number of hydrogen-bond acceptors (Lipinski definition) is 5. The van der Waals surface area contributed by atoms with Crippen molar-refractivity contribution in [1.29, 1.82) is 0 Å². The van der Waals surface area contributed by atoms with E-state index in [0.29, 0.717) is 6.54 Å². The smallest absolute Gasteiger partial charge is 0.242 e. The quantitative estimate of drug-likeness (QED) is 0.780. The van der Waals surface area contributed by atoms with E-state index in [-0.39, 0.29) is 11.9 Å². The van der Waals surface area contributed by atoms with Gasteiger partial charge in [0.05, 0.1) is 5.39 Å². The van der Waals surface area contributed by atoms with Gasteiger partial charge < -0.3 is 10.2 Å². The number of rotatable bonds is 2. The van der Waals surface area contributed by atoms with Crippen LogP contribution in [0.15, 0.2) is 42.7 Å². The summed E-state index contributed by atoms with van der Waals surface area (Å²) in [5.41, 5.74) is 1.17. The third-order valence-corrected chi connectivity index (χ3v) is 5.45. The fraction of sp³-hybridized carbons (Fsp3) is 0.278. The Morgan fingerprint density at radius 2 is 2.08 bits per heavy atom. The predicted octanol–water partition coefficient (Wildman–Crippen LogP) is 3.07. The lowest BCUT2D eigenvalue weighted by Crippen LogP contribution is -2.42. The van der Waals surface area contributed by atoms with E-state index in [1.165, 1.54) is 10.4 Å². The average molecular weight is 338 g/mol. The molecule has 5 nitrogen and oxygen atoms in total. The van der Waals surface area contributed by atoms with E-state index in [1.807, 2.05) is 25.1 Å². The zero-order valence-electron chi connectivity index (χ0n) is 13.4. The SMILES string of the molecule is C[C@H]1C(=O)NCCCN1c1ncnc2sc(-c3ccccc3)cc12. The van der Waals surface area contributed by atoms with Crippen LogP contribution in [0, 0.1) is 0 Å². The zero-order valence-corrected chi connectivity index (χ0v) is 14.2. The van der Waals surface area contributed by atoms with Crippen molar-refractivity contribution < 1.29 is 4.79 Å². The van der Waals surface area contributed by atoms with Crippen LogP contribution in [-0.4, -0.2) is 35.0 Å². The summed E-state index contributed by atoms with van der Waals surface area (Å²) in [6.45, 7) is 3.45. The van der Waals surface area contributed by atoms with Crippen LogP contribution < -0.4 is 10.2 Å². The lowest BCUT2D eigenvalue weighted by molar-refractivity contribution is -0.121. The topological polar surface area (TPSA) is 58.1 Å². The number of amides is 1. The van der Waals surface area contributed by atoms with Crippen molar-refractivity contribution >= 4 is 33.3 Å². The number of nitrogens with one attached hydrogen (secondary N) is 1. The largest absolute Gasteiger partial charge is 0.354 e. The summed E-state index contributed by atoms with van der Waals surface area (Å²) in [7, 11) is 0. The van der Waals surface area contributed by atoms with E-state index in [0.717, 1.165) is 29.0 Å². The molecule has 0 spiro atoms. The van der Waals surface area contributed by atoms with Crippen molar-refractivity contribution in [3.05, 3.63) is 42.7 Å². The van der Waals surface area contributed by atoms with E-state index < -0.39 is 0 Å². The Kier molecular flexibility index (Phi) is 3.90. The molecule has 0 saturated carbocycles. The minimum atomic E-state index is -0.231. The molecular formula is C18H18N4OS. The molecule has 0 bridgehead atoms. The summed E-state index contributed by atoms with van der Waals surface area (Å²) in [5.74, 6) is 0.903. The van der Waals surface area contributed by atoms with Gasteiger partial charge in [0.25, 0.3) is 0 Å². The number of thiophene rings is 1. The van der Waals surface area contributed by atoms with Crippen LogP contribution in [0.25, 0.3) is 20.7 Å². The van der Waals surface area contributed by atoms with Gasteiger partial charge >= 0.3 is 0 Å². The molecule has 3 aromatic rings. The molecule has 4 rings (SSSR count).